The van der Waals surface area contributed by atoms with E-state index in [1.54, 1.807) is 0 Å². The van der Waals surface area contributed by atoms with Crippen LogP contribution in [0.4, 0.5) is 0 Å². The van der Waals surface area contributed by atoms with Crippen LogP contribution in [0, 0.1) is 0 Å². The minimum absolute atomic E-state index is 0.367. The van der Waals surface area contributed by atoms with Crippen molar-refractivity contribution in [3.8, 4) is 0 Å². The number of thiophene rings is 6. The molecule has 0 aliphatic carbocycles. The van der Waals surface area contributed by atoms with Gasteiger partial charge in [-0.05, 0) is 155 Å². The lowest BCUT2D eigenvalue weighted by Gasteiger charge is -2.32. The highest BCUT2D eigenvalue weighted by atomic mass is 32.1. The molecule has 3 aliphatic heterocycles. The summed E-state index contributed by atoms with van der Waals surface area (Å²) < 4.78 is 0. The Kier molecular flexibility index (Phi) is 9.02. The van der Waals surface area contributed by atoms with Crippen LogP contribution >= 0.6 is 68.0 Å². The molecule has 6 aromatic heterocycles. The van der Waals surface area contributed by atoms with Gasteiger partial charge in [0.1, 0.15) is 0 Å². The Morgan fingerprint density at radius 1 is 0.267 bits per heavy atom. The molecular weight excluding hydrogens is 841 g/mol. The normalized spacial score (nSPS) is 19.7. The molecule has 0 fully saturated rings. The Labute approximate surface area is 374 Å². The predicted molar refractivity (Wildman–Crippen MR) is 268 cm³/mol. The van der Waals surface area contributed by atoms with E-state index in [9.17, 15) is 0 Å². The molecule has 14 bridgehead atoms. The smallest absolute Gasteiger partial charge is 0.0772 e. The van der Waals surface area contributed by atoms with E-state index in [-0.39, 0.29) is 10.8 Å². The minimum Gasteiger partial charge on any atom is -0.140 e. The fourth-order valence-electron chi connectivity index (χ4n) is 9.08. The van der Waals surface area contributed by atoms with Gasteiger partial charge in [-0.2, -0.15) is 0 Å². The van der Waals surface area contributed by atoms with Gasteiger partial charge < -0.3 is 0 Å². The second kappa shape index (κ2) is 14.8. The molecule has 6 heteroatoms. The maximum atomic E-state index is 2.41. The van der Waals surface area contributed by atoms with Crippen molar-refractivity contribution in [3.05, 3.63) is 227 Å². The summed E-state index contributed by atoms with van der Waals surface area (Å²) in [6, 6.07) is 60.1. The van der Waals surface area contributed by atoms with Crippen LogP contribution in [0.3, 0.4) is 0 Å². The molecule has 0 atom stereocenters. The maximum Gasteiger partial charge on any atom is 0.0772 e. The summed E-state index contributed by atoms with van der Waals surface area (Å²) >= 11 is 11.6. The Balaban J connectivity index is 1.11. The van der Waals surface area contributed by atoms with E-state index in [0.717, 1.165) is 12.8 Å². The monoisotopic (exact) mass is 876 g/mol. The van der Waals surface area contributed by atoms with E-state index in [4.69, 9.17) is 0 Å². The van der Waals surface area contributed by atoms with Crippen molar-refractivity contribution in [1.29, 1.82) is 0 Å². The highest BCUT2D eigenvalue weighted by molar-refractivity contribution is 7.18. The van der Waals surface area contributed by atoms with Gasteiger partial charge >= 0.3 is 0 Å². The van der Waals surface area contributed by atoms with E-state index in [1.165, 1.54) is 91.2 Å². The number of hydrogen-bond donors (Lipinski definition) is 0. The van der Waals surface area contributed by atoms with Crippen molar-refractivity contribution in [2.75, 3.05) is 0 Å². The largest absolute Gasteiger partial charge is 0.140 e. The molecule has 10 aromatic rings. The Hall–Kier alpha value is -5.18. The average molecular weight is 877 g/mol. The highest BCUT2D eigenvalue weighted by Gasteiger charge is 2.42. The fourth-order valence-corrected chi connectivity index (χ4v) is 16.2. The third-order valence-electron chi connectivity index (χ3n) is 12.1. The van der Waals surface area contributed by atoms with E-state index in [1.807, 2.05) is 68.0 Å². The second-order valence-corrected chi connectivity index (χ2v) is 22.4. The van der Waals surface area contributed by atoms with Crippen LogP contribution in [-0.4, -0.2) is 0 Å². The topological polar surface area (TPSA) is 0 Å². The van der Waals surface area contributed by atoms with Gasteiger partial charge in [-0.15, -0.1) is 68.0 Å². The first kappa shape index (κ1) is 36.7. The van der Waals surface area contributed by atoms with Gasteiger partial charge in [0.25, 0.3) is 0 Å². The van der Waals surface area contributed by atoms with Crippen LogP contribution in [0.25, 0.3) is 58.0 Å². The molecule has 288 valence electrons. The van der Waals surface area contributed by atoms with Gasteiger partial charge in [-0.3, -0.25) is 0 Å². The third kappa shape index (κ3) is 6.32. The SMILES string of the molecule is C1=C/c2ccc(s2)C2(Cc3ccc4ccccc4c3)c3ccc(s3)/C=C/c3ccc(s3)C(Cc3ccc4ccccc4c3)(c3ccc/1s3)c1ccc(s1)/C=C/c1ccc2s1. The first-order chi connectivity index (χ1) is 29.6. The van der Waals surface area contributed by atoms with Crippen molar-refractivity contribution < 1.29 is 0 Å². The van der Waals surface area contributed by atoms with Crippen LogP contribution in [-0.2, 0) is 23.7 Å². The summed E-state index contributed by atoms with van der Waals surface area (Å²) in [7, 11) is 0. The molecule has 0 N–H and O–H groups in total. The minimum atomic E-state index is -0.367. The molecule has 0 radical (unpaired) electrons. The first-order valence-electron chi connectivity index (χ1n) is 20.2. The number of rotatable bonds is 4. The molecule has 0 amide bonds. The lowest BCUT2D eigenvalue weighted by molar-refractivity contribution is 0.653. The standard InChI is InChI=1S/C54H36S6/c1-3-7-39-31-35(9-11-37(39)5-1)33-53-47-25-19-41(55-47)13-16-44-22-28-50(58-44)54(34-36-10-12-38-6-2-4-8-40(38)32-36,51-29-23-45(59-51)17-14-42-20-26-48(53)56-42)52-30-24-46(60-52)18-15-43-21-27-49(53)57-43/h1-32H,33-34H2/b16-13+,17-14+,18-15+. The molecule has 3 aliphatic rings. The molecular formula is C54H36S6. The molecule has 13 rings (SSSR count). The molecule has 0 unspecified atom stereocenters. The quantitative estimate of drug-likeness (QED) is 0.165. The Bertz CT molecular complexity index is 2870. The second-order valence-electron chi connectivity index (χ2n) is 15.7. The molecule has 0 saturated carbocycles. The first-order valence-corrected chi connectivity index (χ1v) is 25.1. The Morgan fingerprint density at radius 2 is 0.533 bits per heavy atom. The summed E-state index contributed by atoms with van der Waals surface area (Å²) in [5.74, 6) is 0. The molecule has 9 heterocycles. The van der Waals surface area contributed by atoms with Crippen LogP contribution in [0.2, 0.25) is 0 Å². The van der Waals surface area contributed by atoms with Crippen molar-refractivity contribution in [2.24, 2.45) is 0 Å². The van der Waals surface area contributed by atoms with Crippen LogP contribution in [0.1, 0.15) is 69.7 Å². The van der Waals surface area contributed by atoms with Crippen molar-refractivity contribution >= 4 is 126 Å². The molecule has 60 heavy (non-hydrogen) atoms. The average Bonchev–Trinajstić information content (AvgIpc) is 4.14. The summed E-state index contributed by atoms with van der Waals surface area (Å²) in [5.41, 5.74) is 1.95. The lowest BCUT2D eigenvalue weighted by Crippen LogP contribution is -2.29. The zero-order chi connectivity index (χ0) is 39.7. The molecule has 0 saturated heterocycles. The summed E-state index contributed by atoms with van der Waals surface area (Å²) in [4.78, 5) is 15.9. The summed E-state index contributed by atoms with van der Waals surface area (Å²) in [6.45, 7) is 0. The molecule has 0 spiro atoms. The lowest BCUT2D eigenvalue weighted by atomic mass is 9.77. The summed E-state index contributed by atoms with van der Waals surface area (Å²) in [5, 5.41) is 5.13. The van der Waals surface area contributed by atoms with Crippen LogP contribution in [0.5, 0.6) is 0 Å². The van der Waals surface area contributed by atoms with E-state index in [2.05, 4.69) is 194 Å². The zero-order valence-electron chi connectivity index (χ0n) is 32.3. The highest BCUT2D eigenvalue weighted by Crippen LogP contribution is 2.53. The van der Waals surface area contributed by atoms with E-state index in [0.29, 0.717) is 0 Å². The van der Waals surface area contributed by atoms with Gasteiger partial charge in [0, 0.05) is 58.5 Å². The Morgan fingerprint density at radius 3 is 0.817 bits per heavy atom. The van der Waals surface area contributed by atoms with Gasteiger partial charge in [-0.25, -0.2) is 0 Å². The van der Waals surface area contributed by atoms with Crippen molar-refractivity contribution in [1.82, 2.24) is 0 Å². The third-order valence-corrected chi connectivity index (χ3v) is 19.4. The fraction of sp³-hybridized carbons (Fsp3) is 0.0741. The predicted octanol–water partition coefficient (Wildman–Crippen LogP) is 16.7. The summed E-state index contributed by atoms with van der Waals surface area (Å²) in [6.07, 6.45) is 15.8. The van der Waals surface area contributed by atoms with E-state index >= 15 is 0 Å². The number of hydrogen-bond acceptors (Lipinski definition) is 6. The van der Waals surface area contributed by atoms with Gasteiger partial charge in [0.05, 0.1) is 10.8 Å². The number of fused-ring (bicyclic) bond motifs is 2. The zero-order valence-corrected chi connectivity index (χ0v) is 37.2. The maximum absolute atomic E-state index is 2.41. The van der Waals surface area contributed by atoms with Gasteiger partial charge in [0.15, 0.2) is 0 Å². The molecule has 4 aromatic carbocycles. The van der Waals surface area contributed by atoms with Gasteiger partial charge in [0.2, 0.25) is 0 Å². The van der Waals surface area contributed by atoms with Crippen LogP contribution in [0.15, 0.2) is 158 Å². The van der Waals surface area contributed by atoms with Crippen LogP contribution < -0.4 is 0 Å². The number of benzene rings is 4. The van der Waals surface area contributed by atoms with Crippen molar-refractivity contribution in [3.63, 3.8) is 0 Å². The van der Waals surface area contributed by atoms with E-state index < -0.39 is 0 Å². The molecule has 0 nitrogen and oxygen atoms in total. The van der Waals surface area contributed by atoms with Crippen molar-refractivity contribution in [2.45, 2.75) is 23.7 Å². The van der Waals surface area contributed by atoms with Gasteiger partial charge in [-0.1, -0.05) is 84.9 Å².